The number of nitrogens with zero attached hydrogens (tertiary/aromatic N) is 2. The summed E-state index contributed by atoms with van der Waals surface area (Å²) in [6, 6.07) is 14.8. The van der Waals surface area contributed by atoms with E-state index in [4.69, 9.17) is 10.5 Å². The van der Waals surface area contributed by atoms with E-state index in [2.05, 4.69) is 22.0 Å². The third-order valence-electron chi connectivity index (χ3n) is 6.13. The molecule has 2 aliphatic rings. The molecule has 3 atom stereocenters. The molecule has 5 heteroatoms. The number of carbonyl (C=O) groups is 1. The van der Waals surface area contributed by atoms with Crippen molar-refractivity contribution in [3.8, 4) is 5.88 Å². The summed E-state index contributed by atoms with van der Waals surface area (Å²) < 4.78 is 5.41. The molecule has 1 amide bonds. The molecule has 136 valence electrons. The van der Waals surface area contributed by atoms with E-state index in [1.165, 1.54) is 5.56 Å². The molecular weight excluding hydrogens is 326 g/mol. The molecule has 26 heavy (non-hydrogen) atoms. The maximum atomic E-state index is 12.6. The molecule has 2 fully saturated rings. The number of methoxy groups -OCH3 is 1. The van der Waals surface area contributed by atoms with Gasteiger partial charge in [0.05, 0.1) is 12.5 Å². The van der Waals surface area contributed by atoms with E-state index in [-0.39, 0.29) is 11.9 Å². The Hall–Kier alpha value is -2.40. The second-order valence-electron chi connectivity index (χ2n) is 7.48. The van der Waals surface area contributed by atoms with Crippen LogP contribution >= 0.6 is 0 Å². The lowest BCUT2D eigenvalue weighted by Crippen LogP contribution is -2.48. The molecule has 0 unspecified atom stereocenters. The molecule has 1 aromatic carbocycles. The van der Waals surface area contributed by atoms with Crippen LogP contribution in [0.5, 0.6) is 5.88 Å². The van der Waals surface area contributed by atoms with Crippen LogP contribution in [0.1, 0.15) is 30.4 Å². The van der Waals surface area contributed by atoms with Gasteiger partial charge in [0, 0.05) is 30.4 Å². The van der Waals surface area contributed by atoms with Crippen molar-refractivity contribution in [2.24, 2.45) is 11.1 Å². The molecule has 0 radical (unpaired) electrons. The number of primary amides is 1. The number of aromatic nitrogens is 1. The Morgan fingerprint density at radius 1 is 1.27 bits per heavy atom. The highest BCUT2D eigenvalue weighted by molar-refractivity contribution is 5.83. The second-order valence-corrected chi connectivity index (χ2v) is 7.48. The van der Waals surface area contributed by atoms with E-state index in [0.29, 0.717) is 18.3 Å². The van der Waals surface area contributed by atoms with Crippen molar-refractivity contribution < 1.29 is 9.53 Å². The first-order valence-electron chi connectivity index (χ1n) is 9.21. The molecule has 2 bridgehead atoms. The Balaban J connectivity index is 1.62. The topological polar surface area (TPSA) is 68.4 Å². The predicted molar refractivity (Wildman–Crippen MR) is 99.5 cm³/mol. The van der Waals surface area contributed by atoms with Gasteiger partial charge < -0.3 is 10.5 Å². The molecule has 1 aromatic heterocycles. The van der Waals surface area contributed by atoms with Crippen LogP contribution in [0.2, 0.25) is 0 Å². The number of hydrogen-bond acceptors (Lipinski definition) is 4. The molecule has 0 spiro atoms. The fourth-order valence-corrected chi connectivity index (χ4v) is 4.97. The zero-order valence-corrected chi connectivity index (χ0v) is 15.1. The van der Waals surface area contributed by atoms with Crippen molar-refractivity contribution in [3.63, 3.8) is 0 Å². The Morgan fingerprint density at radius 2 is 2.08 bits per heavy atom. The smallest absolute Gasteiger partial charge is 0.225 e. The molecule has 0 saturated carbocycles. The maximum absolute atomic E-state index is 12.6. The predicted octanol–water partition coefficient (Wildman–Crippen LogP) is 2.54. The van der Waals surface area contributed by atoms with Gasteiger partial charge >= 0.3 is 0 Å². The first-order chi connectivity index (χ1) is 12.6. The van der Waals surface area contributed by atoms with E-state index in [1.54, 1.807) is 13.3 Å². The fourth-order valence-electron chi connectivity index (χ4n) is 4.97. The monoisotopic (exact) mass is 351 g/mol. The van der Waals surface area contributed by atoms with Gasteiger partial charge in [-0.25, -0.2) is 4.98 Å². The zero-order valence-electron chi connectivity index (χ0n) is 15.1. The Bertz CT molecular complexity index is 795. The minimum absolute atomic E-state index is 0.170. The van der Waals surface area contributed by atoms with E-state index < -0.39 is 5.41 Å². The van der Waals surface area contributed by atoms with Gasteiger partial charge in [-0.3, -0.25) is 9.69 Å². The Morgan fingerprint density at radius 3 is 2.81 bits per heavy atom. The first-order valence-corrected chi connectivity index (χ1v) is 9.21. The molecule has 0 aliphatic carbocycles. The molecule has 2 aromatic rings. The van der Waals surface area contributed by atoms with E-state index in [9.17, 15) is 4.79 Å². The average molecular weight is 351 g/mol. The molecule has 2 saturated heterocycles. The number of rotatable bonds is 6. The minimum atomic E-state index is -0.486. The van der Waals surface area contributed by atoms with Gasteiger partial charge in [-0.15, -0.1) is 0 Å². The van der Waals surface area contributed by atoms with Crippen LogP contribution in [0.25, 0.3) is 0 Å². The summed E-state index contributed by atoms with van der Waals surface area (Å²) in [5, 5.41) is 0. The molecule has 3 heterocycles. The highest BCUT2D eigenvalue weighted by atomic mass is 16.5. The van der Waals surface area contributed by atoms with E-state index in [0.717, 1.165) is 31.4 Å². The van der Waals surface area contributed by atoms with Crippen LogP contribution < -0.4 is 10.5 Å². The van der Waals surface area contributed by atoms with Gasteiger partial charge in [-0.05, 0) is 37.3 Å². The van der Waals surface area contributed by atoms with Crippen molar-refractivity contribution >= 4 is 5.91 Å². The van der Waals surface area contributed by atoms with Gasteiger partial charge in [0.15, 0.2) is 0 Å². The lowest BCUT2D eigenvalue weighted by Gasteiger charge is -2.35. The highest BCUT2D eigenvalue weighted by Crippen LogP contribution is 2.52. The van der Waals surface area contributed by atoms with Crippen molar-refractivity contribution in [2.45, 2.75) is 44.3 Å². The number of amides is 1. The van der Waals surface area contributed by atoms with Crippen LogP contribution in [0.3, 0.4) is 0 Å². The number of nitrogens with two attached hydrogens (primary N) is 1. The standard InChI is InChI=1S/C21H25N3O2/c1-26-19-16(8-5-11-23-19)14-24-17-9-10-18(24)21(13-17,20(22)25)12-15-6-3-2-4-7-15/h2-8,11,17-18H,9-10,12-14H2,1H3,(H2,22,25)/t17-,18+,21+/m0/s1. The summed E-state index contributed by atoms with van der Waals surface area (Å²) >= 11 is 0. The van der Waals surface area contributed by atoms with Gasteiger partial charge in [0.1, 0.15) is 0 Å². The Kier molecular flexibility index (Phi) is 4.41. The van der Waals surface area contributed by atoms with Crippen molar-refractivity contribution in [1.29, 1.82) is 0 Å². The number of fused-ring (bicyclic) bond motifs is 2. The third-order valence-corrected chi connectivity index (χ3v) is 6.13. The first kappa shape index (κ1) is 17.0. The SMILES string of the molecule is COc1ncccc1CN1[C@H]2CC[C@@H]1[C@](Cc1ccccc1)(C(N)=O)C2. The highest BCUT2D eigenvalue weighted by Gasteiger charge is 2.58. The van der Waals surface area contributed by atoms with Crippen molar-refractivity contribution in [2.75, 3.05) is 7.11 Å². The largest absolute Gasteiger partial charge is 0.481 e. The van der Waals surface area contributed by atoms with Crippen molar-refractivity contribution in [1.82, 2.24) is 9.88 Å². The lowest BCUT2D eigenvalue weighted by molar-refractivity contribution is -0.129. The maximum Gasteiger partial charge on any atom is 0.225 e. The molecular formula is C21H25N3O2. The summed E-state index contributed by atoms with van der Waals surface area (Å²) in [6.07, 6.45) is 5.43. The van der Waals surface area contributed by atoms with Crippen molar-refractivity contribution in [3.05, 3.63) is 59.8 Å². The number of benzene rings is 1. The van der Waals surface area contributed by atoms with Crippen LogP contribution in [0.15, 0.2) is 48.7 Å². The summed E-state index contributed by atoms with van der Waals surface area (Å²) in [5.74, 6) is 0.489. The third kappa shape index (κ3) is 2.76. The Labute approximate surface area is 154 Å². The minimum Gasteiger partial charge on any atom is -0.481 e. The lowest BCUT2D eigenvalue weighted by atomic mass is 9.69. The average Bonchev–Trinajstić information content (AvgIpc) is 3.18. The van der Waals surface area contributed by atoms with Gasteiger partial charge in [0.25, 0.3) is 0 Å². The number of hydrogen-bond donors (Lipinski definition) is 1. The summed E-state index contributed by atoms with van der Waals surface area (Å²) in [5.41, 5.74) is 7.73. The molecule has 2 aliphatic heterocycles. The number of ether oxygens (including phenoxy) is 1. The van der Waals surface area contributed by atoms with Gasteiger partial charge in [-0.1, -0.05) is 36.4 Å². The number of carbonyl (C=O) groups excluding carboxylic acids is 1. The summed E-state index contributed by atoms with van der Waals surface area (Å²) in [6.45, 7) is 0.746. The quantitative estimate of drug-likeness (QED) is 0.868. The normalized spacial score (nSPS) is 27.6. The van der Waals surface area contributed by atoms with Crippen LogP contribution in [0.4, 0.5) is 0 Å². The molecule has 5 nitrogen and oxygen atoms in total. The molecule has 2 N–H and O–H groups in total. The zero-order chi connectivity index (χ0) is 18.1. The van der Waals surface area contributed by atoms with Gasteiger partial charge in [-0.2, -0.15) is 0 Å². The number of pyridine rings is 1. The summed E-state index contributed by atoms with van der Waals surface area (Å²) in [4.78, 5) is 19.4. The van der Waals surface area contributed by atoms with Gasteiger partial charge in [0.2, 0.25) is 11.8 Å². The van der Waals surface area contributed by atoms with Crippen LogP contribution in [0, 0.1) is 5.41 Å². The van der Waals surface area contributed by atoms with Crippen LogP contribution in [-0.4, -0.2) is 35.0 Å². The molecule has 4 rings (SSSR count). The fraction of sp³-hybridized carbons (Fsp3) is 0.429. The van der Waals surface area contributed by atoms with E-state index in [1.807, 2.05) is 30.3 Å². The van der Waals surface area contributed by atoms with Crippen LogP contribution in [-0.2, 0) is 17.8 Å². The summed E-state index contributed by atoms with van der Waals surface area (Å²) in [7, 11) is 1.65. The second kappa shape index (κ2) is 6.72. The van der Waals surface area contributed by atoms with E-state index >= 15 is 0 Å².